The van der Waals surface area contributed by atoms with Gasteiger partial charge in [0.25, 0.3) is 5.56 Å². The van der Waals surface area contributed by atoms with Gasteiger partial charge in [-0.2, -0.15) is 0 Å². The van der Waals surface area contributed by atoms with Crippen molar-refractivity contribution in [1.29, 1.82) is 0 Å². The fourth-order valence-electron chi connectivity index (χ4n) is 4.32. The number of methoxy groups -OCH3 is 2. The Labute approximate surface area is 224 Å². The van der Waals surface area contributed by atoms with Crippen LogP contribution >= 0.6 is 23.1 Å². The molecule has 1 aromatic heterocycles. The SMILES string of the molecule is CCCC1=C(C(=O)OCC)[C@H](c2cc(OC)ccc2OC)n2c(s/c(=C\c3ccc(SC)cc3)c2=O)=N1. The molecule has 0 fully saturated rings. The fourth-order valence-corrected chi connectivity index (χ4v) is 5.75. The smallest absolute Gasteiger partial charge is 0.338 e. The van der Waals surface area contributed by atoms with Gasteiger partial charge in [-0.3, -0.25) is 9.36 Å². The number of nitrogens with zero attached hydrogens (tertiary/aromatic N) is 2. The third kappa shape index (κ3) is 5.38. The van der Waals surface area contributed by atoms with Gasteiger partial charge in [-0.05, 0) is 61.6 Å². The number of allylic oxidation sites excluding steroid dienone is 1. The van der Waals surface area contributed by atoms with Gasteiger partial charge in [0, 0.05) is 10.5 Å². The van der Waals surface area contributed by atoms with Crippen LogP contribution in [0, 0.1) is 0 Å². The van der Waals surface area contributed by atoms with Crippen molar-refractivity contribution in [2.45, 2.75) is 37.6 Å². The van der Waals surface area contributed by atoms with Crippen LogP contribution in [-0.2, 0) is 9.53 Å². The molecule has 3 aromatic rings. The second-order valence-corrected chi connectivity index (χ2v) is 10.2. The van der Waals surface area contributed by atoms with E-state index in [9.17, 15) is 9.59 Å². The van der Waals surface area contributed by atoms with E-state index in [1.54, 1.807) is 55.7 Å². The lowest BCUT2D eigenvalue weighted by Crippen LogP contribution is -2.40. The number of ether oxygens (including phenoxy) is 3. The van der Waals surface area contributed by atoms with E-state index in [4.69, 9.17) is 19.2 Å². The van der Waals surface area contributed by atoms with E-state index < -0.39 is 12.0 Å². The molecule has 2 aromatic carbocycles. The van der Waals surface area contributed by atoms with Gasteiger partial charge in [0.15, 0.2) is 4.80 Å². The molecule has 9 heteroatoms. The van der Waals surface area contributed by atoms with Gasteiger partial charge in [0.1, 0.15) is 17.5 Å². The van der Waals surface area contributed by atoms with E-state index in [1.165, 1.54) is 11.3 Å². The number of thioether (sulfide) groups is 1. The van der Waals surface area contributed by atoms with Gasteiger partial charge in [0.05, 0.1) is 36.6 Å². The highest BCUT2D eigenvalue weighted by atomic mass is 32.2. The van der Waals surface area contributed by atoms with Crippen molar-refractivity contribution in [3.05, 3.63) is 84.5 Å². The molecule has 0 N–H and O–H groups in total. The third-order valence-corrected chi connectivity index (χ3v) is 7.76. The monoisotopic (exact) mass is 538 g/mol. The Hall–Kier alpha value is -3.30. The molecule has 4 rings (SSSR count). The van der Waals surface area contributed by atoms with E-state index >= 15 is 0 Å². The topological polar surface area (TPSA) is 79.1 Å². The Morgan fingerprint density at radius 3 is 2.51 bits per heavy atom. The first-order valence-electron chi connectivity index (χ1n) is 12.0. The Bertz CT molecular complexity index is 1500. The number of carbonyl (C=O) groups excluding carboxylic acids is 1. The minimum absolute atomic E-state index is 0.208. The Morgan fingerprint density at radius 2 is 1.89 bits per heavy atom. The number of hydrogen-bond donors (Lipinski definition) is 0. The van der Waals surface area contributed by atoms with Crippen molar-refractivity contribution in [1.82, 2.24) is 4.57 Å². The van der Waals surface area contributed by atoms with Crippen molar-refractivity contribution in [3.8, 4) is 11.5 Å². The molecule has 0 bridgehead atoms. The second kappa shape index (κ2) is 11.8. The average Bonchev–Trinajstić information content (AvgIpc) is 3.22. The van der Waals surface area contributed by atoms with Crippen LogP contribution in [0.15, 0.2) is 68.4 Å². The van der Waals surface area contributed by atoms with Gasteiger partial charge < -0.3 is 14.2 Å². The Balaban J connectivity index is 2.02. The molecule has 0 amide bonds. The number of thiazole rings is 1. The lowest BCUT2D eigenvalue weighted by atomic mass is 9.93. The van der Waals surface area contributed by atoms with Crippen LogP contribution in [0.3, 0.4) is 0 Å². The summed E-state index contributed by atoms with van der Waals surface area (Å²) in [6.07, 6.45) is 5.23. The van der Waals surface area contributed by atoms with Gasteiger partial charge in [-0.1, -0.05) is 36.8 Å². The van der Waals surface area contributed by atoms with Crippen molar-refractivity contribution >= 4 is 35.1 Å². The van der Waals surface area contributed by atoms with Crippen LogP contribution in [0.5, 0.6) is 11.5 Å². The summed E-state index contributed by atoms with van der Waals surface area (Å²) < 4.78 is 18.7. The number of hydrogen-bond acceptors (Lipinski definition) is 8. The molecular formula is C28H30N2O5S2. The van der Waals surface area contributed by atoms with Crippen molar-refractivity contribution in [2.24, 2.45) is 4.99 Å². The molecule has 1 aliphatic heterocycles. The first-order valence-corrected chi connectivity index (χ1v) is 14.1. The minimum Gasteiger partial charge on any atom is -0.497 e. The number of aromatic nitrogens is 1. The Morgan fingerprint density at radius 1 is 1.14 bits per heavy atom. The molecule has 1 atom stereocenters. The lowest BCUT2D eigenvalue weighted by Gasteiger charge is -2.27. The summed E-state index contributed by atoms with van der Waals surface area (Å²) in [6, 6.07) is 12.6. The average molecular weight is 539 g/mol. The molecular weight excluding hydrogens is 508 g/mol. The first kappa shape index (κ1) is 26.8. The highest BCUT2D eigenvalue weighted by Gasteiger charge is 2.36. The van der Waals surface area contributed by atoms with Crippen molar-refractivity contribution < 1.29 is 19.0 Å². The summed E-state index contributed by atoms with van der Waals surface area (Å²) in [5, 5.41) is 0. The summed E-state index contributed by atoms with van der Waals surface area (Å²) in [5.74, 6) is 0.628. The maximum atomic E-state index is 13.9. The fraction of sp³-hybridized carbons (Fsp3) is 0.321. The zero-order chi connectivity index (χ0) is 26.5. The number of esters is 1. The van der Waals surface area contributed by atoms with Gasteiger partial charge in [-0.15, -0.1) is 11.8 Å². The molecule has 37 heavy (non-hydrogen) atoms. The van der Waals surface area contributed by atoms with E-state index in [0.717, 1.165) is 16.9 Å². The van der Waals surface area contributed by atoms with Crippen LogP contribution in [0.2, 0.25) is 0 Å². The molecule has 0 aliphatic carbocycles. The maximum absolute atomic E-state index is 13.9. The number of carbonyl (C=O) groups is 1. The first-order chi connectivity index (χ1) is 17.9. The maximum Gasteiger partial charge on any atom is 0.338 e. The van der Waals surface area contributed by atoms with Gasteiger partial charge >= 0.3 is 5.97 Å². The summed E-state index contributed by atoms with van der Waals surface area (Å²) in [6.45, 7) is 4.00. The van der Waals surface area contributed by atoms with Crippen molar-refractivity contribution in [2.75, 3.05) is 27.1 Å². The highest BCUT2D eigenvalue weighted by Crippen LogP contribution is 2.38. The predicted molar refractivity (Wildman–Crippen MR) is 147 cm³/mol. The number of rotatable bonds is 9. The zero-order valence-corrected chi connectivity index (χ0v) is 23.2. The number of benzene rings is 2. The molecule has 0 radical (unpaired) electrons. The third-order valence-electron chi connectivity index (χ3n) is 6.04. The van der Waals surface area contributed by atoms with Gasteiger partial charge in [-0.25, -0.2) is 9.79 Å². The summed E-state index contributed by atoms with van der Waals surface area (Å²) in [4.78, 5) is 33.8. The lowest BCUT2D eigenvalue weighted by molar-refractivity contribution is -0.139. The quantitative estimate of drug-likeness (QED) is 0.298. The molecule has 7 nitrogen and oxygen atoms in total. The highest BCUT2D eigenvalue weighted by molar-refractivity contribution is 7.98. The van der Waals surface area contributed by atoms with Crippen LogP contribution in [0.1, 0.15) is 43.9 Å². The standard InChI is InChI=1S/C28H30N2O5S2/c1-6-8-21-24(27(32)35-7-2)25(20-16-18(33-3)11-14-22(20)34-4)30-26(31)23(37-28(30)29-21)15-17-9-12-19(36-5)13-10-17/h9-16,25H,6-8H2,1-5H3/b23-15-/t25-/m0/s1. The van der Waals surface area contributed by atoms with Crippen molar-refractivity contribution in [3.63, 3.8) is 0 Å². The van der Waals surface area contributed by atoms with Crippen LogP contribution in [0.4, 0.5) is 0 Å². The largest absolute Gasteiger partial charge is 0.497 e. The summed E-state index contributed by atoms with van der Waals surface area (Å²) >= 11 is 2.97. The van der Waals surface area contributed by atoms with E-state index in [-0.39, 0.29) is 12.2 Å². The molecule has 1 aliphatic rings. The van der Waals surface area contributed by atoms with E-state index in [0.29, 0.717) is 44.1 Å². The molecule has 0 saturated heterocycles. The van der Waals surface area contributed by atoms with E-state index in [1.807, 2.05) is 43.5 Å². The molecule has 0 unspecified atom stereocenters. The van der Waals surface area contributed by atoms with Crippen LogP contribution < -0.4 is 24.4 Å². The summed E-state index contributed by atoms with van der Waals surface area (Å²) in [7, 11) is 3.14. The molecule has 0 saturated carbocycles. The summed E-state index contributed by atoms with van der Waals surface area (Å²) in [5.41, 5.74) is 2.28. The normalized spacial score (nSPS) is 15.3. The van der Waals surface area contributed by atoms with E-state index in [2.05, 4.69) is 0 Å². The molecule has 0 spiro atoms. The second-order valence-electron chi connectivity index (χ2n) is 8.29. The molecule has 194 valence electrons. The zero-order valence-electron chi connectivity index (χ0n) is 21.6. The number of fused-ring (bicyclic) bond motifs is 1. The minimum atomic E-state index is -0.775. The van der Waals surface area contributed by atoms with Crippen LogP contribution in [-0.4, -0.2) is 37.6 Å². The predicted octanol–water partition coefficient (Wildman–Crippen LogP) is 4.32. The van der Waals surface area contributed by atoms with Crippen LogP contribution in [0.25, 0.3) is 6.08 Å². The van der Waals surface area contributed by atoms with Gasteiger partial charge in [0.2, 0.25) is 0 Å². The Kier molecular flexibility index (Phi) is 8.56. The molecule has 2 heterocycles.